The zero-order valence-corrected chi connectivity index (χ0v) is 25.4. The molecule has 2 nitrogen and oxygen atoms in total. The minimum absolute atomic E-state index is 0.116. The molecule has 0 heterocycles. The minimum Gasteiger partial charge on any atom is -0.541 e. The number of hydrogen-bond acceptors (Lipinski definition) is 2. The van der Waals surface area contributed by atoms with Crippen LogP contribution in [0.5, 0.6) is 11.5 Å². The summed E-state index contributed by atoms with van der Waals surface area (Å²) in [5.41, 5.74) is 6.52. The van der Waals surface area contributed by atoms with Gasteiger partial charge in [-0.1, -0.05) is 94.8 Å². The van der Waals surface area contributed by atoms with Crippen molar-refractivity contribution in [2.45, 2.75) is 105 Å². The van der Waals surface area contributed by atoms with E-state index in [0.717, 1.165) is 11.5 Å². The largest absolute Gasteiger partial charge is 0.541 e. The number of fused-ring (bicyclic) bond motifs is 1. The lowest BCUT2D eigenvalue weighted by molar-refractivity contribution is 0.284. The van der Waals surface area contributed by atoms with E-state index in [4.69, 9.17) is 9.16 Å². The molecule has 3 atom stereocenters. The first-order chi connectivity index (χ1) is 16.8. The van der Waals surface area contributed by atoms with E-state index in [1.54, 1.807) is 0 Å². The molecule has 2 aromatic rings. The predicted molar refractivity (Wildman–Crippen MR) is 158 cm³/mol. The summed E-state index contributed by atoms with van der Waals surface area (Å²) >= 11 is 0. The second kappa shape index (κ2) is 11.4. The molecule has 0 saturated heterocycles. The Labute approximate surface area is 221 Å². The zero-order chi connectivity index (χ0) is 26.7. The molecule has 0 aliphatic heterocycles. The summed E-state index contributed by atoms with van der Waals surface area (Å²) < 4.78 is 13.8. The second-order valence-corrected chi connectivity index (χ2v) is 17.3. The Morgan fingerprint density at radius 1 is 1.08 bits per heavy atom. The quantitative estimate of drug-likeness (QED) is 0.263. The van der Waals surface area contributed by atoms with Gasteiger partial charge < -0.3 is 9.16 Å². The van der Waals surface area contributed by atoms with Gasteiger partial charge in [-0.15, -0.1) is 0 Å². The minimum atomic E-state index is -2.05. The van der Waals surface area contributed by atoms with Crippen LogP contribution in [0.2, 0.25) is 18.1 Å². The average Bonchev–Trinajstić information content (AvgIpc) is 2.78. The molecule has 0 saturated carbocycles. The number of ether oxygens (including phenoxy) is 1. The molecular weight excluding hydrogens is 456 g/mol. The van der Waals surface area contributed by atoms with Crippen LogP contribution >= 0.6 is 0 Å². The van der Waals surface area contributed by atoms with E-state index in [2.05, 4.69) is 123 Å². The van der Waals surface area contributed by atoms with E-state index in [1.807, 2.05) is 0 Å². The Morgan fingerprint density at radius 2 is 1.75 bits per heavy atom. The predicted octanol–water partition coefficient (Wildman–Crippen LogP) is 10.1. The van der Waals surface area contributed by atoms with Crippen molar-refractivity contribution in [1.82, 2.24) is 0 Å². The standard InChI is InChI=1S/C33H48O2Si/c1-23(2)15-14-16-24(3)28-20-19-25(4)30-29(28)21-26(5)31(35-36(9,10)33(6,7)8)32(30)34-22-27-17-12-11-13-18-27/h11-18,21,24-25,28H,19-20,22H2,1-10H3/b16-14+/t24-,25+,28?/m1/s1. The Balaban J connectivity index is 2.12. The van der Waals surface area contributed by atoms with Gasteiger partial charge in [0, 0.05) is 5.56 Å². The first-order valence-corrected chi connectivity index (χ1v) is 16.6. The molecular formula is C33H48O2Si. The van der Waals surface area contributed by atoms with E-state index in [9.17, 15) is 0 Å². The van der Waals surface area contributed by atoms with Gasteiger partial charge in [-0.05, 0) is 86.2 Å². The zero-order valence-electron chi connectivity index (χ0n) is 24.4. The fourth-order valence-corrected chi connectivity index (χ4v) is 5.94. The molecule has 0 fully saturated rings. The van der Waals surface area contributed by atoms with Crippen LogP contribution in [0.25, 0.3) is 0 Å². The van der Waals surface area contributed by atoms with Gasteiger partial charge in [0.2, 0.25) is 0 Å². The van der Waals surface area contributed by atoms with E-state index in [0.29, 0.717) is 24.4 Å². The molecule has 0 spiro atoms. The fourth-order valence-electron chi connectivity index (χ4n) is 4.87. The molecule has 3 heteroatoms. The van der Waals surface area contributed by atoms with Gasteiger partial charge in [-0.2, -0.15) is 0 Å². The topological polar surface area (TPSA) is 18.5 Å². The van der Waals surface area contributed by atoms with Crippen molar-refractivity contribution in [1.29, 1.82) is 0 Å². The van der Waals surface area contributed by atoms with Gasteiger partial charge in [0.15, 0.2) is 5.75 Å². The third-order valence-corrected chi connectivity index (χ3v) is 12.5. The van der Waals surface area contributed by atoms with Crippen LogP contribution in [0.4, 0.5) is 0 Å². The van der Waals surface area contributed by atoms with Gasteiger partial charge in [0.05, 0.1) is 0 Å². The van der Waals surface area contributed by atoms with Crippen LogP contribution in [-0.4, -0.2) is 8.32 Å². The third kappa shape index (κ3) is 6.53. The van der Waals surface area contributed by atoms with Crippen LogP contribution in [0, 0.1) is 12.8 Å². The molecule has 1 unspecified atom stereocenters. The molecule has 1 aliphatic rings. The van der Waals surface area contributed by atoms with Gasteiger partial charge in [-0.25, -0.2) is 0 Å². The lowest BCUT2D eigenvalue weighted by Crippen LogP contribution is -2.44. The van der Waals surface area contributed by atoms with Crippen molar-refractivity contribution < 1.29 is 9.16 Å². The molecule has 0 N–H and O–H groups in total. The average molecular weight is 505 g/mol. The first-order valence-electron chi connectivity index (χ1n) is 13.7. The maximum absolute atomic E-state index is 7.01. The number of aryl methyl sites for hydroxylation is 1. The molecule has 0 radical (unpaired) electrons. The van der Waals surface area contributed by atoms with Crippen molar-refractivity contribution in [3.05, 3.63) is 82.5 Å². The molecule has 0 bridgehead atoms. The Morgan fingerprint density at radius 3 is 2.36 bits per heavy atom. The van der Waals surface area contributed by atoms with Crippen LogP contribution in [0.15, 0.2) is 60.2 Å². The summed E-state index contributed by atoms with van der Waals surface area (Å²) in [6, 6.07) is 12.9. The van der Waals surface area contributed by atoms with Gasteiger partial charge >= 0.3 is 0 Å². The van der Waals surface area contributed by atoms with Crippen molar-refractivity contribution in [3.8, 4) is 11.5 Å². The third-order valence-electron chi connectivity index (χ3n) is 8.16. The van der Waals surface area contributed by atoms with E-state index in [-0.39, 0.29) is 5.04 Å². The van der Waals surface area contributed by atoms with E-state index >= 15 is 0 Å². The van der Waals surface area contributed by atoms with Gasteiger partial charge in [0.25, 0.3) is 8.32 Å². The smallest absolute Gasteiger partial charge is 0.250 e. The lowest BCUT2D eigenvalue weighted by Gasteiger charge is -2.40. The molecule has 3 rings (SSSR count). The first kappa shape index (κ1) is 28.3. The fraction of sp³-hybridized carbons (Fsp3) is 0.515. The van der Waals surface area contributed by atoms with Crippen LogP contribution in [-0.2, 0) is 6.61 Å². The maximum atomic E-state index is 7.01. The van der Waals surface area contributed by atoms with E-state index in [1.165, 1.54) is 40.7 Å². The second-order valence-electron chi connectivity index (χ2n) is 12.6. The number of rotatable bonds is 8. The number of hydrogen-bond donors (Lipinski definition) is 0. The Bertz CT molecular complexity index is 1080. The summed E-state index contributed by atoms with van der Waals surface area (Å²) in [4.78, 5) is 0. The molecule has 196 valence electrons. The summed E-state index contributed by atoms with van der Waals surface area (Å²) in [6.45, 7) is 23.3. The van der Waals surface area contributed by atoms with E-state index < -0.39 is 8.32 Å². The molecule has 2 aromatic carbocycles. The SMILES string of the molecule is CC(C)=C/C=C/[C@@H](C)C1CC[C@H](C)c2c1cc(C)c(O[Si](C)(C)C(C)(C)C)c2OCc1ccccc1. The van der Waals surface area contributed by atoms with Crippen LogP contribution in [0.3, 0.4) is 0 Å². The monoisotopic (exact) mass is 504 g/mol. The highest BCUT2D eigenvalue weighted by Gasteiger charge is 2.41. The van der Waals surface area contributed by atoms with Crippen LogP contribution < -0.4 is 9.16 Å². The summed E-state index contributed by atoms with van der Waals surface area (Å²) in [5, 5.41) is 0.116. The van der Waals surface area contributed by atoms with Gasteiger partial charge in [-0.3, -0.25) is 0 Å². The summed E-state index contributed by atoms with van der Waals surface area (Å²) in [5.74, 6) is 3.34. The Kier molecular flexibility index (Phi) is 8.98. The van der Waals surface area contributed by atoms with Crippen LogP contribution in [0.1, 0.15) is 95.4 Å². The Hall–Kier alpha value is -2.26. The summed E-state index contributed by atoms with van der Waals surface area (Å²) in [7, 11) is -2.05. The highest BCUT2D eigenvalue weighted by atomic mass is 28.4. The molecule has 0 amide bonds. The van der Waals surface area contributed by atoms with Crippen molar-refractivity contribution >= 4 is 8.32 Å². The van der Waals surface area contributed by atoms with Gasteiger partial charge in [0.1, 0.15) is 12.4 Å². The van der Waals surface area contributed by atoms with Crippen molar-refractivity contribution in [2.75, 3.05) is 0 Å². The molecule has 36 heavy (non-hydrogen) atoms. The lowest BCUT2D eigenvalue weighted by atomic mass is 9.71. The summed E-state index contributed by atoms with van der Waals surface area (Å²) in [6.07, 6.45) is 9.18. The molecule has 1 aliphatic carbocycles. The van der Waals surface area contributed by atoms with Crippen molar-refractivity contribution in [2.24, 2.45) is 5.92 Å². The number of allylic oxidation sites excluding steroid dienone is 4. The molecule has 0 aromatic heterocycles. The maximum Gasteiger partial charge on any atom is 0.250 e. The van der Waals surface area contributed by atoms with Crippen molar-refractivity contribution in [3.63, 3.8) is 0 Å². The normalized spacial score (nSPS) is 19.1. The highest BCUT2D eigenvalue weighted by molar-refractivity contribution is 6.74. The number of benzene rings is 2. The highest BCUT2D eigenvalue weighted by Crippen LogP contribution is 2.52.